The summed E-state index contributed by atoms with van der Waals surface area (Å²) in [5, 5.41) is 41.3. The molecular formula is C16H10N2O8Th. The molecular weight excluding hydrogens is 580 g/mol. The van der Waals surface area contributed by atoms with E-state index in [4.69, 9.17) is 11.5 Å². The summed E-state index contributed by atoms with van der Waals surface area (Å²) in [5.41, 5.74) is 9.40. The third kappa shape index (κ3) is 6.81. The van der Waals surface area contributed by atoms with Crippen LogP contribution in [0, 0.1) is 39.9 Å². The van der Waals surface area contributed by atoms with Crippen molar-refractivity contribution < 1.29 is 79.5 Å². The SMILES string of the molecule is Nc1cc(C(=O)[O-])ccc1C(=O)[O-].Nc1cc(C(=O)[O-])ccc1C(=O)[O-].[Th+4]. The monoisotopic (exact) mass is 590 g/mol. The minimum atomic E-state index is -1.44. The molecule has 0 amide bonds. The van der Waals surface area contributed by atoms with Crippen molar-refractivity contribution in [2.24, 2.45) is 0 Å². The maximum atomic E-state index is 10.3. The molecule has 0 saturated carbocycles. The maximum Gasteiger partial charge on any atom is 4.00 e. The number of aromatic carboxylic acids is 4. The van der Waals surface area contributed by atoms with E-state index in [1.807, 2.05) is 0 Å². The average Bonchev–Trinajstić information content (AvgIpc) is 2.54. The van der Waals surface area contributed by atoms with Crippen molar-refractivity contribution in [3.8, 4) is 0 Å². The smallest absolute Gasteiger partial charge is 0.545 e. The Morgan fingerprint density at radius 3 is 1.07 bits per heavy atom. The molecule has 0 heterocycles. The molecule has 11 heteroatoms. The molecule has 0 aliphatic carbocycles. The van der Waals surface area contributed by atoms with Gasteiger partial charge in [-0.25, -0.2) is 0 Å². The number of carboxylic acids is 4. The fraction of sp³-hybridized carbons (Fsp3) is 0. The zero-order valence-electron chi connectivity index (χ0n) is 13.4. The number of nitrogens with two attached hydrogens (primary N) is 2. The fourth-order valence-electron chi connectivity index (χ4n) is 1.75. The van der Waals surface area contributed by atoms with Gasteiger partial charge in [0.05, 0.1) is 23.9 Å². The number of nitrogen functional groups attached to an aromatic ring is 2. The van der Waals surface area contributed by atoms with Crippen LogP contribution in [0.25, 0.3) is 0 Å². The molecule has 2 aromatic rings. The molecule has 10 nitrogen and oxygen atoms in total. The van der Waals surface area contributed by atoms with Crippen LogP contribution in [-0.2, 0) is 0 Å². The van der Waals surface area contributed by atoms with Crippen LogP contribution in [0.5, 0.6) is 0 Å². The first-order valence-corrected chi connectivity index (χ1v) is 6.69. The fourth-order valence-corrected chi connectivity index (χ4v) is 1.75. The minimum Gasteiger partial charge on any atom is -0.545 e. The summed E-state index contributed by atoms with van der Waals surface area (Å²) in [6, 6.07) is 6.35. The van der Waals surface area contributed by atoms with Crippen molar-refractivity contribution in [1.82, 2.24) is 0 Å². The Hall–Kier alpha value is -2.76. The number of anilines is 2. The number of hydrogen-bond donors (Lipinski definition) is 2. The summed E-state index contributed by atoms with van der Waals surface area (Å²) in [6.45, 7) is 0. The van der Waals surface area contributed by atoms with E-state index in [1.54, 1.807) is 0 Å². The van der Waals surface area contributed by atoms with E-state index in [0.29, 0.717) is 0 Å². The van der Waals surface area contributed by atoms with Crippen LogP contribution >= 0.6 is 0 Å². The molecule has 4 N–H and O–H groups in total. The molecule has 0 atom stereocenters. The van der Waals surface area contributed by atoms with Crippen molar-refractivity contribution in [3.63, 3.8) is 0 Å². The second kappa shape index (κ2) is 10.4. The van der Waals surface area contributed by atoms with Gasteiger partial charge >= 0.3 is 39.9 Å². The van der Waals surface area contributed by atoms with Crippen molar-refractivity contribution in [2.75, 3.05) is 11.5 Å². The van der Waals surface area contributed by atoms with Gasteiger partial charge in [-0.2, -0.15) is 0 Å². The molecule has 0 aliphatic heterocycles. The quantitative estimate of drug-likeness (QED) is 0.329. The van der Waals surface area contributed by atoms with Gasteiger partial charge in [0.15, 0.2) is 0 Å². The van der Waals surface area contributed by atoms with Gasteiger partial charge in [-0.1, -0.05) is 24.3 Å². The van der Waals surface area contributed by atoms with Gasteiger partial charge < -0.3 is 51.1 Å². The Bertz CT molecular complexity index is 824. The van der Waals surface area contributed by atoms with Gasteiger partial charge in [-0.3, -0.25) is 0 Å². The van der Waals surface area contributed by atoms with Gasteiger partial charge in [0, 0.05) is 22.5 Å². The topological polar surface area (TPSA) is 213 Å². The van der Waals surface area contributed by atoms with Gasteiger partial charge in [-0.15, -0.1) is 0 Å². The summed E-state index contributed by atoms with van der Waals surface area (Å²) in [6.07, 6.45) is 0. The van der Waals surface area contributed by atoms with Crippen LogP contribution in [0.4, 0.5) is 11.4 Å². The van der Waals surface area contributed by atoms with Crippen LogP contribution < -0.4 is 31.9 Å². The van der Waals surface area contributed by atoms with E-state index < -0.39 is 23.9 Å². The Morgan fingerprint density at radius 2 is 0.889 bits per heavy atom. The number of hydrogen-bond acceptors (Lipinski definition) is 10. The first-order chi connectivity index (χ1) is 12.0. The molecule has 0 bridgehead atoms. The zero-order valence-corrected chi connectivity index (χ0v) is 17.5. The summed E-state index contributed by atoms with van der Waals surface area (Å²) in [5.74, 6) is -5.70. The molecule has 2 rings (SSSR count). The molecule has 0 saturated heterocycles. The molecule has 2 aromatic carbocycles. The summed E-state index contributed by atoms with van der Waals surface area (Å²) in [4.78, 5) is 41.3. The maximum absolute atomic E-state index is 10.3. The molecule has 0 radical (unpaired) electrons. The van der Waals surface area contributed by atoms with E-state index >= 15 is 0 Å². The van der Waals surface area contributed by atoms with Crippen LogP contribution in [0.15, 0.2) is 36.4 Å². The number of carbonyl (C=O) groups excluding carboxylic acids is 4. The van der Waals surface area contributed by atoms with Gasteiger partial charge in [-0.05, 0) is 23.3 Å². The Balaban J connectivity index is 0.000000483. The molecule has 0 unspecified atom stereocenters. The number of rotatable bonds is 4. The van der Waals surface area contributed by atoms with Crippen molar-refractivity contribution in [1.29, 1.82) is 0 Å². The Kier molecular flexibility index (Phi) is 9.35. The number of carbonyl (C=O) groups is 4. The molecule has 0 aliphatic rings. The van der Waals surface area contributed by atoms with E-state index in [2.05, 4.69) is 0 Å². The normalized spacial score (nSPS) is 9.19. The van der Waals surface area contributed by atoms with Gasteiger partial charge in [0.2, 0.25) is 0 Å². The zero-order chi connectivity index (χ0) is 20.0. The minimum absolute atomic E-state index is 0. The van der Waals surface area contributed by atoms with Crippen LogP contribution in [0.3, 0.4) is 0 Å². The second-order valence-corrected chi connectivity index (χ2v) is 4.75. The first kappa shape index (κ1) is 24.2. The molecule has 136 valence electrons. The van der Waals surface area contributed by atoms with Gasteiger partial charge in [0.25, 0.3) is 0 Å². The second-order valence-electron chi connectivity index (χ2n) is 4.75. The molecule has 0 aromatic heterocycles. The Labute approximate surface area is 184 Å². The Morgan fingerprint density at radius 1 is 0.593 bits per heavy atom. The van der Waals surface area contributed by atoms with Gasteiger partial charge in [0.1, 0.15) is 0 Å². The van der Waals surface area contributed by atoms with E-state index in [1.165, 1.54) is 0 Å². The van der Waals surface area contributed by atoms with E-state index in [-0.39, 0.29) is 73.6 Å². The summed E-state index contributed by atoms with van der Waals surface area (Å²) >= 11 is 0. The van der Waals surface area contributed by atoms with Crippen LogP contribution in [0.2, 0.25) is 0 Å². The summed E-state index contributed by atoms with van der Waals surface area (Å²) < 4.78 is 0. The molecule has 0 fully saturated rings. The predicted octanol–water partition coefficient (Wildman–Crippen LogP) is -4.01. The first-order valence-electron chi connectivity index (χ1n) is 6.69. The van der Waals surface area contributed by atoms with Crippen molar-refractivity contribution in [2.45, 2.75) is 0 Å². The molecule has 0 spiro atoms. The predicted molar refractivity (Wildman–Crippen MR) is 79.0 cm³/mol. The number of carboxylic acid groups (broad SMARTS) is 4. The van der Waals surface area contributed by atoms with Crippen molar-refractivity contribution >= 4 is 35.3 Å². The number of benzene rings is 2. The third-order valence-electron chi connectivity index (χ3n) is 3.01. The van der Waals surface area contributed by atoms with E-state index in [0.717, 1.165) is 36.4 Å². The molecule has 27 heavy (non-hydrogen) atoms. The van der Waals surface area contributed by atoms with Crippen molar-refractivity contribution in [3.05, 3.63) is 58.7 Å². The third-order valence-corrected chi connectivity index (χ3v) is 3.01. The largest absolute Gasteiger partial charge is 4.00 e. The van der Waals surface area contributed by atoms with E-state index in [9.17, 15) is 39.6 Å². The standard InChI is InChI=1S/2C8H7NO4.Th/c2*9-6-3-4(7(10)11)1-2-5(6)8(12)13;/h2*1-3H,9H2,(H,10,11)(H,12,13);/q;;+4/p-4. The average molecular weight is 590 g/mol. The van der Waals surface area contributed by atoms with Crippen LogP contribution in [-0.4, -0.2) is 23.9 Å². The van der Waals surface area contributed by atoms with Crippen LogP contribution in [0.1, 0.15) is 41.4 Å². The summed E-state index contributed by atoms with van der Waals surface area (Å²) in [7, 11) is 0.